The van der Waals surface area contributed by atoms with Gasteiger partial charge in [-0.25, -0.2) is 0 Å². The number of carbonyl (C=O) groups excluding carboxylic acids is 1. The van der Waals surface area contributed by atoms with Crippen LogP contribution in [0.3, 0.4) is 0 Å². The fraction of sp³-hybridized carbons (Fsp3) is 0.263. The molecular weight excluding hydrogens is 358 g/mol. The molecular formula is C19H20ClNO5. The molecule has 0 spiro atoms. The normalized spacial score (nSPS) is 10.3. The third-order valence-electron chi connectivity index (χ3n) is 3.80. The van der Waals surface area contributed by atoms with Crippen molar-refractivity contribution in [1.82, 2.24) is 4.90 Å². The summed E-state index contributed by atoms with van der Waals surface area (Å²) in [6.07, 6.45) is 0.472. The molecule has 1 amide bonds. The van der Waals surface area contributed by atoms with Crippen LogP contribution in [-0.4, -0.2) is 49.2 Å². The molecule has 0 aromatic heterocycles. The number of hydrogen-bond donors (Lipinski definition) is 1. The molecule has 2 aromatic carbocycles. The second-order valence-corrected chi connectivity index (χ2v) is 6.01. The molecule has 0 heterocycles. The molecule has 138 valence electrons. The fourth-order valence-electron chi connectivity index (χ4n) is 2.52. The molecule has 26 heavy (non-hydrogen) atoms. The Labute approximate surface area is 156 Å². The van der Waals surface area contributed by atoms with E-state index in [9.17, 15) is 9.59 Å². The molecule has 0 atom stereocenters. The number of amides is 1. The van der Waals surface area contributed by atoms with Gasteiger partial charge in [-0.3, -0.25) is 9.59 Å². The third-order valence-corrected chi connectivity index (χ3v) is 4.04. The van der Waals surface area contributed by atoms with Gasteiger partial charge in [0.1, 0.15) is 6.54 Å². The van der Waals surface area contributed by atoms with E-state index in [0.717, 1.165) is 5.56 Å². The lowest BCUT2D eigenvalue weighted by molar-refractivity contribution is -0.137. The number of aliphatic carboxylic acids is 1. The second kappa shape index (κ2) is 9.10. The number of benzene rings is 2. The van der Waals surface area contributed by atoms with Gasteiger partial charge in [0.25, 0.3) is 5.91 Å². The van der Waals surface area contributed by atoms with Gasteiger partial charge in [-0.2, -0.15) is 0 Å². The van der Waals surface area contributed by atoms with E-state index in [2.05, 4.69) is 0 Å². The van der Waals surface area contributed by atoms with Gasteiger partial charge < -0.3 is 19.5 Å². The Balaban J connectivity index is 2.15. The van der Waals surface area contributed by atoms with Crippen molar-refractivity contribution in [2.75, 3.05) is 27.3 Å². The quantitative estimate of drug-likeness (QED) is 0.764. The predicted molar refractivity (Wildman–Crippen MR) is 98.2 cm³/mol. The summed E-state index contributed by atoms with van der Waals surface area (Å²) < 4.78 is 10.5. The molecule has 0 bridgehead atoms. The van der Waals surface area contributed by atoms with Crippen LogP contribution >= 0.6 is 11.6 Å². The molecule has 2 rings (SSSR count). The zero-order valence-electron chi connectivity index (χ0n) is 14.6. The minimum Gasteiger partial charge on any atom is -0.493 e. The van der Waals surface area contributed by atoms with E-state index in [0.29, 0.717) is 28.5 Å². The van der Waals surface area contributed by atoms with E-state index < -0.39 is 12.5 Å². The number of carboxylic acids is 1. The Hall–Kier alpha value is -2.73. The SMILES string of the molecule is COc1ccc(CCN(CC(=O)O)C(=O)c2cccc(Cl)c2)cc1OC. The number of carboxylic acid groups (broad SMARTS) is 1. The van der Waals surface area contributed by atoms with Gasteiger partial charge in [0.15, 0.2) is 11.5 Å². The molecule has 2 aromatic rings. The van der Waals surface area contributed by atoms with E-state index in [4.69, 9.17) is 26.2 Å². The summed E-state index contributed by atoms with van der Waals surface area (Å²) in [7, 11) is 3.09. The summed E-state index contributed by atoms with van der Waals surface area (Å²) in [6, 6.07) is 11.9. The van der Waals surface area contributed by atoms with Crippen molar-refractivity contribution in [2.45, 2.75) is 6.42 Å². The van der Waals surface area contributed by atoms with Gasteiger partial charge in [-0.15, -0.1) is 0 Å². The maximum absolute atomic E-state index is 12.6. The van der Waals surface area contributed by atoms with Crippen molar-refractivity contribution < 1.29 is 24.2 Å². The van der Waals surface area contributed by atoms with Gasteiger partial charge in [-0.05, 0) is 42.3 Å². The summed E-state index contributed by atoms with van der Waals surface area (Å²) in [4.78, 5) is 25.1. The lowest BCUT2D eigenvalue weighted by Gasteiger charge is -2.21. The highest BCUT2D eigenvalue weighted by Crippen LogP contribution is 2.27. The van der Waals surface area contributed by atoms with E-state index in [1.54, 1.807) is 38.5 Å². The first-order valence-corrected chi connectivity index (χ1v) is 8.30. The van der Waals surface area contributed by atoms with Crippen molar-refractivity contribution >= 4 is 23.5 Å². The molecule has 0 aliphatic carbocycles. The van der Waals surface area contributed by atoms with Crippen LogP contribution in [0.4, 0.5) is 0 Å². The van der Waals surface area contributed by atoms with Gasteiger partial charge in [0, 0.05) is 17.1 Å². The van der Waals surface area contributed by atoms with Crippen molar-refractivity contribution in [3.05, 3.63) is 58.6 Å². The lowest BCUT2D eigenvalue weighted by Crippen LogP contribution is -2.37. The van der Waals surface area contributed by atoms with Gasteiger partial charge in [0.05, 0.1) is 14.2 Å². The molecule has 0 aliphatic heterocycles. The highest BCUT2D eigenvalue weighted by atomic mass is 35.5. The van der Waals surface area contributed by atoms with E-state index in [1.807, 2.05) is 12.1 Å². The third kappa shape index (κ3) is 5.13. The lowest BCUT2D eigenvalue weighted by atomic mass is 10.1. The highest BCUT2D eigenvalue weighted by Gasteiger charge is 2.19. The molecule has 0 unspecified atom stereocenters. The Bertz CT molecular complexity index is 793. The average Bonchev–Trinajstić information content (AvgIpc) is 2.63. The van der Waals surface area contributed by atoms with Crippen LogP contribution < -0.4 is 9.47 Å². The first kappa shape index (κ1) is 19.6. The molecule has 0 saturated carbocycles. The first-order valence-electron chi connectivity index (χ1n) is 7.92. The summed E-state index contributed by atoms with van der Waals surface area (Å²) in [5.74, 6) is -0.271. The maximum Gasteiger partial charge on any atom is 0.323 e. The Kier molecular flexibility index (Phi) is 6.86. The van der Waals surface area contributed by atoms with Gasteiger partial charge in [0.2, 0.25) is 0 Å². The van der Waals surface area contributed by atoms with Crippen molar-refractivity contribution in [2.24, 2.45) is 0 Å². The summed E-state index contributed by atoms with van der Waals surface area (Å²) in [6.45, 7) is -0.147. The predicted octanol–water partition coefficient (Wildman–Crippen LogP) is 3.13. The standard InChI is InChI=1S/C19H20ClNO5/c1-25-16-7-6-13(10-17(16)26-2)8-9-21(12-18(22)23)19(24)14-4-3-5-15(20)11-14/h3-7,10-11H,8-9,12H2,1-2H3,(H,22,23). The minimum atomic E-state index is -1.08. The monoisotopic (exact) mass is 377 g/mol. The number of halogens is 1. The van der Waals surface area contributed by atoms with Crippen LogP contribution in [-0.2, 0) is 11.2 Å². The average molecular weight is 378 g/mol. The number of ether oxygens (including phenoxy) is 2. The van der Waals surface area contributed by atoms with Crippen LogP contribution in [0, 0.1) is 0 Å². The molecule has 7 heteroatoms. The number of nitrogens with zero attached hydrogens (tertiary/aromatic N) is 1. The first-order chi connectivity index (χ1) is 12.4. The summed E-state index contributed by atoms with van der Waals surface area (Å²) in [5.41, 5.74) is 1.25. The van der Waals surface area contributed by atoms with Crippen LogP contribution in [0.5, 0.6) is 11.5 Å². The maximum atomic E-state index is 12.6. The smallest absolute Gasteiger partial charge is 0.323 e. The van der Waals surface area contributed by atoms with Gasteiger partial charge in [-0.1, -0.05) is 23.7 Å². The van der Waals surface area contributed by atoms with Crippen molar-refractivity contribution in [1.29, 1.82) is 0 Å². The number of hydrogen-bond acceptors (Lipinski definition) is 4. The summed E-state index contributed by atoms with van der Waals surface area (Å²) in [5, 5.41) is 9.55. The molecule has 6 nitrogen and oxygen atoms in total. The van der Waals surface area contributed by atoms with E-state index >= 15 is 0 Å². The zero-order chi connectivity index (χ0) is 19.1. The topological polar surface area (TPSA) is 76.1 Å². The number of carbonyl (C=O) groups is 2. The molecule has 0 radical (unpaired) electrons. The zero-order valence-corrected chi connectivity index (χ0v) is 15.3. The van der Waals surface area contributed by atoms with E-state index in [-0.39, 0.29) is 12.5 Å². The van der Waals surface area contributed by atoms with Crippen LogP contribution in [0.1, 0.15) is 15.9 Å². The second-order valence-electron chi connectivity index (χ2n) is 5.57. The minimum absolute atomic E-state index is 0.243. The van der Waals surface area contributed by atoms with Crippen LogP contribution in [0.15, 0.2) is 42.5 Å². The van der Waals surface area contributed by atoms with Gasteiger partial charge >= 0.3 is 5.97 Å². The van der Waals surface area contributed by atoms with Crippen molar-refractivity contribution in [3.63, 3.8) is 0 Å². The van der Waals surface area contributed by atoms with Crippen LogP contribution in [0.2, 0.25) is 5.02 Å². The number of methoxy groups -OCH3 is 2. The molecule has 0 saturated heterocycles. The van der Waals surface area contributed by atoms with Crippen LogP contribution in [0.25, 0.3) is 0 Å². The molecule has 1 N–H and O–H groups in total. The highest BCUT2D eigenvalue weighted by molar-refractivity contribution is 6.30. The summed E-state index contributed by atoms with van der Waals surface area (Å²) >= 11 is 5.92. The Morgan fingerprint density at radius 1 is 1.08 bits per heavy atom. The Morgan fingerprint density at radius 2 is 1.81 bits per heavy atom. The largest absolute Gasteiger partial charge is 0.493 e. The number of rotatable bonds is 8. The molecule has 0 aliphatic rings. The van der Waals surface area contributed by atoms with Crippen molar-refractivity contribution in [3.8, 4) is 11.5 Å². The fourth-order valence-corrected chi connectivity index (χ4v) is 2.71. The molecule has 0 fully saturated rings. The van der Waals surface area contributed by atoms with E-state index in [1.165, 1.54) is 11.0 Å². The Morgan fingerprint density at radius 3 is 2.42 bits per heavy atom.